The Bertz CT molecular complexity index is 934. The van der Waals surface area contributed by atoms with E-state index in [1.807, 2.05) is 0 Å². The maximum Gasteiger partial charge on any atom is 0.417 e. The number of methoxy groups -OCH3 is 1. The molecule has 0 bridgehead atoms. The molecule has 0 saturated carbocycles. The second kappa shape index (κ2) is 9.59. The highest BCUT2D eigenvalue weighted by Gasteiger charge is 2.49. The maximum atomic E-state index is 13.6. The summed E-state index contributed by atoms with van der Waals surface area (Å²) in [5.74, 6) is -0.159. The van der Waals surface area contributed by atoms with Gasteiger partial charge in [-0.25, -0.2) is 0 Å². The molecular formula is C23H29F3N4O3. The molecule has 180 valence electrons. The van der Waals surface area contributed by atoms with Gasteiger partial charge in [0.15, 0.2) is 0 Å². The molecule has 1 aromatic rings. The largest absolute Gasteiger partial charge is 0.417 e. The highest BCUT2D eigenvalue weighted by atomic mass is 19.4. The molecule has 2 saturated heterocycles. The van der Waals surface area contributed by atoms with Crippen LogP contribution in [-0.4, -0.2) is 75.1 Å². The maximum absolute atomic E-state index is 13.6. The fourth-order valence-electron chi connectivity index (χ4n) is 4.83. The molecule has 1 aromatic carbocycles. The summed E-state index contributed by atoms with van der Waals surface area (Å²) in [5, 5.41) is 9.11. The Kier molecular flexibility index (Phi) is 7.22. The van der Waals surface area contributed by atoms with Gasteiger partial charge in [0.05, 0.1) is 30.2 Å². The first-order chi connectivity index (χ1) is 15.5. The molecule has 7 nitrogen and oxygen atoms in total. The topological polar surface area (TPSA) is 76.9 Å². The molecule has 1 unspecified atom stereocenters. The first kappa shape index (κ1) is 24.8. The van der Waals surface area contributed by atoms with Gasteiger partial charge in [-0.3, -0.25) is 9.59 Å². The van der Waals surface area contributed by atoms with E-state index in [0.717, 1.165) is 12.1 Å². The first-order valence-electron chi connectivity index (χ1n) is 10.9. The minimum Gasteiger partial charge on any atom is -0.384 e. The average Bonchev–Trinajstić information content (AvgIpc) is 3.15. The third kappa shape index (κ3) is 5.24. The van der Waals surface area contributed by atoms with Crippen molar-refractivity contribution in [3.8, 4) is 6.07 Å². The first-order valence-corrected chi connectivity index (χ1v) is 10.9. The number of nitriles is 1. The predicted octanol–water partition coefficient (Wildman–Crippen LogP) is 2.89. The fraction of sp³-hybridized carbons (Fsp3) is 0.609. The number of halogens is 3. The van der Waals surface area contributed by atoms with Crippen LogP contribution in [0.4, 0.5) is 18.9 Å². The molecule has 0 radical (unpaired) electrons. The van der Waals surface area contributed by atoms with Crippen molar-refractivity contribution in [1.29, 1.82) is 5.26 Å². The van der Waals surface area contributed by atoms with Gasteiger partial charge in [-0.1, -0.05) is 0 Å². The van der Waals surface area contributed by atoms with E-state index in [2.05, 4.69) is 0 Å². The minimum atomic E-state index is -4.67. The van der Waals surface area contributed by atoms with Crippen molar-refractivity contribution in [2.75, 3.05) is 52.3 Å². The summed E-state index contributed by atoms with van der Waals surface area (Å²) < 4.78 is 45.6. The molecule has 0 N–H and O–H groups in total. The van der Waals surface area contributed by atoms with E-state index in [9.17, 15) is 22.8 Å². The number of alkyl halides is 3. The van der Waals surface area contributed by atoms with E-state index < -0.39 is 23.3 Å². The van der Waals surface area contributed by atoms with Crippen LogP contribution in [0.1, 0.15) is 36.8 Å². The summed E-state index contributed by atoms with van der Waals surface area (Å²) >= 11 is 0. The molecule has 2 aliphatic rings. The van der Waals surface area contributed by atoms with Crippen LogP contribution in [0.3, 0.4) is 0 Å². The second-order valence-electron chi connectivity index (χ2n) is 9.04. The highest BCUT2D eigenvalue weighted by molar-refractivity contribution is 5.86. The molecule has 1 spiro atoms. The van der Waals surface area contributed by atoms with E-state index in [4.69, 9.17) is 10.00 Å². The van der Waals surface area contributed by atoms with E-state index >= 15 is 0 Å². The lowest BCUT2D eigenvalue weighted by molar-refractivity contribution is -0.137. The van der Waals surface area contributed by atoms with Gasteiger partial charge >= 0.3 is 6.18 Å². The van der Waals surface area contributed by atoms with Crippen molar-refractivity contribution in [1.82, 2.24) is 9.80 Å². The lowest BCUT2D eigenvalue weighted by Gasteiger charge is -2.39. The van der Waals surface area contributed by atoms with Crippen LogP contribution in [0.5, 0.6) is 0 Å². The number of likely N-dealkylation sites (tertiary alicyclic amines) is 1. The number of hydrogen-bond donors (Lipinski definition) is 0. The number of benzene rings is 1. The number of carbonyl (C=O) groups excluding carboxylic acids is 2. The van der Waals surface area contributed by atoms with Crippen LogP contribution in [0.25, 0.3) is 0 Å². The van der Waals surface area contributed by atoms with E-state index in [0.29, 0.717) is 51.9 Å². The molecular weight excluding hydrogens is 437 g/mol. The number of hydrogen-bond acceptors (Lipinski definition) is 5. The number of ether oxygens (including phenoxy) is 1. The minimum absolute atomic E-state index is 0.0179. The molecule has 1 atom stereocenters. The Hall–Kier alpha value is -2.80. The highest BCUT2D eigenvalue weighted by Crippen LogP contribution is 2.46. The third-order valence-corrected chi connectivity index (χ3v) is 6.69. The molecule has 33 heavy (non-hydrogen) atoms. The van der Waals surface area contributed by atoms with Crippen molar-refractivity contribution in [3.05, 3.63) is 29.3 Å². The van der Waals surface area contributed by atoms with Crippen LogP contribution in [0.2, 0.25) is 0 Å². The Morgan fingerprint density at radius 3 is 2.48 bits per heavy atom. The monoisotopic (exact) mass is 466 g/mol. The zero-order valence-electron chi connectivity index (χ0n) is 19.1. The molecule has 0 aliphatic carbocycles. The van der Waals surface area contributed by atoms with Gasteiger partial charge < -0.3 is 19.4 Å². The number of carbonyl (C=O) groups is 2. The normalized spacial score (nSPS) is 20.1. The molecule has 2 amide bonds. The van der Waals surface area contributed by atoms with Gasteiger partial charge in [-0.15, -0.1) is 0 Å². The Morgan fingerprint density at radius 1 is 1.27 bits per heavy atom. The number of piperidine rings is 1. The number of rotatable bonds is 5. The molecule has 10 heteroatoms. The number of amides is 2. The van der Waals surface area contributed by atoms with E-state index in [-0.39, 0.29) is 22.9 Å². The van der Waals surface area contributed by atoms with Gasteiger partial charge in [0, 0.05) is 46.5 Å². The standard InChI is InChI=1S/C23H29F3N4O3/c1-28(2)21(32)19-13-22(7-9-29(10-8-22)20(31)6-11-33-3)15-30(19)17-5-4-16(14-27)18(12-17)23(24,25)26/h4-5,12,19H,6-11,13,15H2,1-3H3. The van der Waals surface area contributed by atoms with Crippen molar-refractivity contribution in [2.24, 2.45) is 5.41 Å². The van der Waals surface area contributed by atoms with Crippen LogP contribution >= 0.6 is 0 Å². The number of likely N-dealkylation sites (N-methyl/N-ethyl adjacent to an activating group) is 1. The van der Waals surface area contributed by atoms with Crippen LogP contribution in [-0.2, 0) is 20.5 Å². The fourth-order valence-corrected chi connectivity index (χ4v) is 4.83. The Morgan fingerprint density at radius 2 is 1.94 bits per heavy atom. The molecule has 2 aliphatic heterocycles. The van der Waals surface area contributed by atoms with Crippen molar-refractivity contribution in [3.63, 3.8) is 0 Å². The number of nitrogens with zero attached hydrogens (tertiary/aromatic N) is 4. The summed E-state index contributed by atoms with van der Waals surface area (Å²) in [7, 11) is 4.80. The van der Waals surface area contributed by atoms with Gasteiger partial charge in [-0.2, -0.15) is 18.4 Å². The zero-order valence-corrected chi connectivity index (χ0v) is 19.1. The molecule has 3 rings (SSSR count). The van der Waals surface area contributed by atoms with Gasteiger partial charge in [-0.05, 0) is 42.9 Å². The second-order valence-corrected chi connectivity index (χ2v) is 9.04. The predicted molar refractivity (Wildman–Crippen MR) is 115 cm³/mol. The van der Waals surface area contributed by atoms with Gasteiger partial charge in [0.25, 0.3) is 0 Å². The molecule has 0 aromatic heterocycles. The van der Waals surface area contributed by atoms with E-state index in [1.165, 1.54) is 11.0 Å². The van der Waals surface area contributed by atoms with Gasteiger partial charge in [0.2, 0.25) is 11.8 Å². The van der Waals surface area contributed by atoms with Gasteiger partial charge in [0.1, 0.15) is 6.04 Å². The summed E-state index contributed by atoms with van der Waals surface area (Å²) in [6.45, 7) is 1.86. The quantitative estimate of drug-likeness (QED) is 0.667. The van der Waals surface area contributed by atoms with Crippen LogP contribution < -0.4 is 4.90 Å². The summed E-state index contributed by atoms with van der Waals surface area (Å²) in [6, 6.07) is 4.60. The van der Waals surface area contributed by atoms with Crippen molar-refractivity contribution < 1.29 is 27.5 Å². The lowest BCUT2D eigenvalue weighted by Crippen LogP contribution is -2.44. The molecule has 2 fully saturated rings. The Labute approximate surface area is 191 Å². The van der Waals surface area contributed by atoms with Crippen LogP contribution in [0.15, 0.2) is 18.2 Å². The summed E-state index contributed by atoms with van der Waals surface area (Å²) in [4.78, 5) is 30.3. The SMILES string of the molecule is COCCC(=O)N1CCC2(CC1)CC(C(=O)N(C)C)N(c1ccc(C#N)c(C(F)(F)F)c1)C2. The van der Waals surface area contributed by atoms with Crippen molar-refractivity contribution in [2.45, 2.75) is 37.9 Å². The number of anilines is 1. The average molecular weight is 467 g/mol. The van der Waals surface area contributed by atoms with Crippen LogP contribution in [0, 0.1) is 16.7 Å². The Balaban J connectivity index is 1.87. The zero-order chi connectivity index (χ0) is 24.4. The summed E-state index contributed by atoms with van der Waals surface area (Å²) in [5.41, 5.74) is -1.45. The molecule has 2 heterocycles. The van der Waals surface area contributed by atoms with Crippen molar-refractivity contribution >= 4 is 17.5 Å². The van der Waals surface area contributed by atoms with E-state index in [1.54, 1.807) is 37.1 Å². The smallest absolute Gasteiger partial charge is 0.384 e. The lowest BCUT2D eigenvalue weighted by atomic mass is 9.76. The summed E-state index contributed by atoms with van der Waals surface area (Å²) in [6.07, 6.45) is -2.52. The third-order valence-electron chi connectivity index (χ3n) is 6.69.